The average molecular weight is 323 g/mol. The summed E-state index contributed by atoms with van der Waals surface area (Å²) in [4.78, 5) is 42.9. The molecule has 0 atom stereocenters. The van der Waals surface area contributed by atoms with Crippen LogP contribution in [0.1, 0.15) is 34.8 Å². The Morgan fingerprint density at radius 2 is 1.95 bits per heavy atom. The van der Waals surface area contributed by atoms with Crippen LogP contribution in [0, 0.1) is 13.8 Å². The van der Waals surface area contributed by atoms with Crippen LogP contribution in [0.4, 0.5) is 0 Å². The van der Waals surface area contributed by atoms with E-state index in [9.17, 15) is 19.5 Å². The smallest absolute Gasteiger partial charge is 0.329 e. The molecule has 0 spiro atoms. The highest BCUT2D eigenvalue weighted by Gasteiger charge is 2.36. The van der Waals surface area contributed by atoms with E-state index in [-0.39, 0.29) is 5.56 Å². The standard InChI is InChI=1S/C14H17N3O4S/c1-7-8(2)22-13-15-6-9(11(19)17(7)13)10(18)16(5)14(3,4)12(20)21/h6H,1-5H3,(H,20,21). The van der Waals surface area contributed by atoms with E-state index < -0.39 is 23.0 Å². The van der Waals surface area contributed by atoms with Crippen LogP contribution in [0.2, 0.25) is 0 Å². The molecule has 2 aromatic heterocycles. The third kappa shape index (κ3) is 2.29. The number of aryl methyl sites for hydroxylation is 2. The van der Waals surface area contributed by atoms with Crippen LogP contribution in [0.15, 0.2) is 11.0 Å². The van der Waals surface area contributed by atoms with Crippen molar-refractivity contribution >= 4 is 28.2 Å². The summed E-state index contributed by atoms with van der Waals surface area (Å²) in [6, 6.07) is 0. The van der Waals surface area contributed by atoms with Crippen molar-refractivity contribution in [2.45, 2.75) is 33.2 Å². The SMILES string of the molecule is Cc1sc2ncc(C(=O)N(C)C(C)(C)C(=O)O)c(=O)n2c1C. The van der Waals surface area contributed by atoms with E-state index in [2.05, 4.69) is 4.98 Å². The Morgan fingerprint density at radius 3 is 2.50 bits per heavy atom. The number of likely N-dealkylation sites (N-methyl/N-ethyl adjacent to an activating group) is 1. The Labute approximate surface area is 130 Å². The van der Waals surface area contributed by atoms with Crippen molar-refractivity contribution < 1.29 is 14.7 Å². The lowest BCUT2D eigenvalue weighted by Gasteiger charge is -2.31. The number of aliphatic carboxylic acids is 1. The molecular formula is C14H17N3O4S. The normalized spacial score (nSPS) is 11.7. The molecule has 1 amide bonds. The Bertz CT molecular complexity index is 834. The van der Waals surface area contributed by atoms with Gasteiger partial charge in [-0.05, 0) is 27.7 Å². The summed E-state index contributed by atoms with van der Waals surface area (Å²) >= 11 is 1.37. The number of carboxylic acids is 1. The minimum absolute atomic E-state index is 0.143. The number of carbonyl (C=O) groups excluding carboxylic acids is 1. The topological polar surface area (TPSA) is 92.0 Å². The fourth-order valence-corrected chi connectivity index (χ4v) is 2.83. The Morgan fingerprint density at radius 1 is 1.36 bits per heavy atom. The average Bonchev–Trinajstić information content (AvgIpc) is 2.73. The Balaban J connectivity index is 2.59. The van der Waals surface area contributed by atoms with Crippen molar-refractivity contribution in [2.75, 3.05) is 7.05 Å². The molecule has 0 aliphatic heterocycles. The fraction of sp³-hybridized carbons (Fsp3) is 0.429. The van der Waals surface area contributed by atoms with Gasteiger partial charge in [-0.2, -0.15) is 0 Å². The van der Waals surface area contributed by atoms with Gasteiger partial charge in [0.2, 0.25) is 0 Å². The first-order valence-electron chi connectivity index (χ1n) is 6.58. The van der Waals surface area contributed by atoms with Crippen LogP contribution in [0.3, 0.4) is 0 Å². The van der Waals surface area contributed by atoms with E-state index in [1.54, 1.807) is 6.92 Å². The second-order valence-corrected chi connectivity index (χ2v) is 6.75. The maximum Gasteiger partial charge on any atom is 0.329 e. The van der Waals surface area contributed by atoms with Gasteiger partial charge in [-0.15, -0.1) is 11.3 Å². The number of fused-ring (bicyclic) bond motifs is 1. The second-order valence-electron chi connectivity index (χ2n) is 5.57. The summed E-state index contributed by atoms with van der Waals surface area (Å²) in [6.07, 6.45) is 1.21. The van der Waals surface area contributed by atoms with Gasteiger partial charge in [0.05, 0.1) is 0 Å². The molecular weight excluding hydrogens is 306 g/mol. The summed E-state index contributed by atoms with van der Waals surface area (Å²) in [5.41, 5.74) is -1.32. The van der Waals surface area contributed by atoms with Crippen molar-refractivity contribution in [3.63, 3.8) is 0 Å². The molecule has 8 heteroatoms. The minimum Gasteiger partial charge on any atom is -0.480 e. The molecule has 0 saturated carbocycles. The molecule has 2 rings (SSSR count). The third-order valence-corrected chi connectivity index (χ3v) is 4.99. The van der Waals surface area contributed by atoms with Crippen LogP contribution in [0.25, 0.3) is 4.96 Å². The molecule has 0 aromatic carbocycles. The Kier molecular flexibility index (Phi) is 3.82. The van der Waals surface area contributed by atoms with Gasteiger partial charge in [0.1, 0.15) is 11.1 Å². The van der Waals surface area contributed by atoms with Gasteiger partial charge in [-0.25, -0.2) is 9.78 Å². The molecule has 2 heterocycles. The van der Waals surface area contributed by atoms with Crippen molar-refractivity contribution in [1.82, 2.24) is 14.3 Å². The van der Waals surface area contributed by atoms with E-state index in [1.807, 2.05) is 6.92 Å². The number of carbonyl (C=O) groups is 2. The quantitative estimate of drug-likeness (QED) is 0.919. The van der Waals surface area contributed by atoms with E-state index >= 15 is 0 Å². The summed E-state index contributed by atoms with van der Waals surface area (Å²) in [6.45, 7) is 6.45. The zero-order valence-electron chi connectivity index (χ0n) is 13.0. The van der Waals surface area contributed by atoms with E-state index in [0.717, 1.165) is 15.5 Å². The highest BCUT2D eigenvalue weighted by atomic mass is 32.1. The highest BCUT2D eigenvalue weighted by molar-refractivity contribution is 7.17. The van der Waals surface area contributed by atoms with Crippen molar-refractivity contribution in [3.8, 4) is 0 Å². The predicted molar refractivity (Wildman–Crippen MR) is 82.6 cm³/mol. The van der Waals surface area contributed by atoms with Crippen LogP contribution in [-0.4, -0.2) is 43.9 Å². The lowest BCUT2D eigenvalue weighted by atomic mass is 10.0. The lowest BCUT2D eigenvalue weighted by Crippen LogP contribution is -2.51. The van der Waals surface area contributed by atoms with Crippen LogP contribution >= 0.6 is 11.3 Å². The maximum atomic E-state index is 12.5. The largest absolute Gasteiger partial charge is 0.480 e. The summed E-state index contributed by atoms with van der Waals surface area (Å²) in [7, 11) is 1.36. The fourth-order valence-electron chi connectivity index (χ4n) is 1.90. The van der Waals surface area contributed by atoms with Gasteiger partial charge < -0.3 is 10.0 Å². The summed E-state index contributed by atoms with van der Waals surface area (Å²) in [5, 5.41) is 9.20. The number of hydrogen-bond acceptors (Lipinski definition) is 5. The number of thiazole rings is 1. The number of rotatable bonds is 3. The molecule has 0 radical (unpaired) electrons. The molecule has 0 saturated heterocycles. The molecule has 118 valence electrons. The molecule has 7 nitrogen and oxygen atoms in total. The zero-order valence-corrected chi connectivity index (χ0v) is 13.8. The van der Waals surface area contributed by atoms with Crippen molar-refractivity contribution in [1.29, 1.82) is 0 Å². The van der Waals surface area contributed by atoms with Gasteiger partial charge >= 0.3 is 5.97 Å². The first-order chi connectivity index (χ1) is 10.1. The number of carboxylic acid groups (broad SMARTS) is 1. The number of amides is 1. The number of aromatic nitrogens is 2. The number of hydrogen-bond donors (Lipinski definition) is 1. The maximum absolute atomic E-state index is 12.5. The van der Waals surface area contributed by atoms with E-state index in [4.69, 9.17) is 0 Å². The second kappa shape index (κ2) is 5.20. The van der Waals surface area contributed by atoms with Gasteiger partial charge in [-0.3, -0.25) is 14.0 Å². The molecule has 0 aliphatic rings. The first kappa shape index (κ1) is 16.2. The molecule has 22 heavy (non-hydrogen) atoms. The van der Waals surface area contributed by atoms with Crippen LogP contribution < -0.4 is 5.56 Å². The minimum atomic E-state index is -1.43. The first-order valence-corrected chi connectivity index (χ1v) is 7.40. The predicted octanol–water partition coefficient (Wildman–Crippen LogP) is 1.31. The van der Waals surface area contributed by atoms with E-state index in [0.29, 0.717) is 4.96 Å². The van der Waals surface area contributed by atoms with Gasteiger partial charge in [0, 0.05) is 23.8 Å². The summed E-state index contributed by atoms with van der Waals surface area (Å²) < 4.78 is 1.38. The van der Waals surface area contributed by atoms with Crippen molar-refractivity contribution in [3.05, 3.63) is 32.7 Å². The Hall–Kier alpha value is -2.22. The van der Waals surface area contributed by atoms with Gasteiger partial charge in [-0.1, -0.05) is 0 Å². The number of nitrogens with zero attached hydrogens (tertiary/aromatic N) is 3. The molecule has 1 N–H and O–H groups in total. The molecule has 0 unspecified atom stereocenters. The van der Waals surface area contributed by atoms with E-state index in [1.165, 1.54) is 42.8 Å². The molecule has 0 bridgehead atoms. The van der Waals surface area contributed by atoms with Crippen molar-refractivity contribution in [2.24, 2.45) is 0 Å². The molecule has 0 aliphatic carbocycles. The third-order valence-electron chi connectivity index (χ3n) is 3.92. The zero-order chi connectivity index (χ0) is 16.8. The van der Waals surface area contributed by atoms with Gasteiger partial charge in [0.15, 0.2) is 4.96 Å². The lowest BCUT2D eigenvalue weighted by molar-refractivity contribution is -0.147. The molecule has 2 aromatic rings. The summed E-state index contributed by atoms with van der Waals surface area (Å²) in [5.74, 6) is -1.82. The van der Waals surface area contributed by atoms with Gasteiger partial charge in [0.25, 0.3) is 11.5 Å². The highest BCUT2D eigenvalue weighted by Crippen LogP contribution is 2.19. The van der Waals surface area contributed by atoms with Crippen LogP contribution in [0.5, 0.6) is 0 Å². The monoisotopic (exact) mass is 323 g/mol. The molecule has 0 fully saturated rings. The van der Waals surface area contributed by atoms with Crippen LogP contribution in [-0.2, 0) is 4.79 Å².